The third kappa shape index (κ3) is 7.77. The van der Waals surface area contributed by atoms with Crippen LogP contribution in [0.1, 0.15) is 65.7 Å². The molecule has 0 aromatic carbocycles. The maximum Gasteiger partial charge on any atom is 0.0675 e. The van der Waals surface area contributed by atoms with Gasteiger partial charge < -0.3 is 10.1 Å². The highest BCUT2D eigenvalue weighted by Gasteiger charge is 2.15. The monoisotopic (exact) mass is 241 g/mol. The third-order valence-corrected chi connectivity index (χ3v) is 3.56. The average molecular weight is 241 g/mol. The Labute approximate surface area is 108 Å². The first-order valence-electron chi connectivity index (χ1n) is 7.54. The van der Waals surface area contributed by atoms with Crippen LogP contribution in [-0.4, -0.2) is 25.3 Å². The fraction of sp³-hybridized carbons (Fsp3) is 1.00. The van der Waals surface area contributed by atoms with Gasteiger partial charge >= 0.3 is 0 Å². The van der Waals surface area contributed by atoms with Gasteiger partial charge in [0.1, 0.15) is 0 Å². The molecule has 1 saturated carbocycles. The van der Waals surface area contributed by atoms with Crippen LogP contribution >= 0.6 is 0 Å². The third-order valence-electron chi connectivity index (χ3n) is 3.56. The van der Waals surface area contributed by atoms with E-state index in [1.165, 1.54) is 44.9 Å². The molecule has 0 radical (unpaired) electrons. The van der Waals surface area contributed by atoms with E-state index in [2.05, 4.69) is 26.1 Å². The molecular weight excluding hydrogens is 210 g/mol. The summed E-state index contributed by atoms with van der Waals surface area (Å²) in [5.74, 6) is 0.792. The number of hydrogen-bond acceptors (Lipinski definition) is 2. The molecule has 17 heavy (non-hydrogen) atoms. The van der Waals surface area contributed by atoms with Crippen molar-refractivity contribution < 1.29 is 4.74 Å². The van der Waals surface area contributed by atoms with Gasteiger partial charge in [0.25, 0.3) is 0 Å². The van der Waals surface area contributed by atoms with Crippen molar-refractivity contribution in [2.45, 2.75) is 77.9 Å². The molecule has 1 aliphatic carbocycles. The van der Waals surface area contributed by atoms with Gasteiger partial charge in [-0.1, -0.05) is 39.5 Å². The molecule has 0 aromatic rings. The van der Waals surface area contributed by atoms with E-state index in [4.69, 9.17) is 4.74 Å². The zero-order valence-electron chi connectivity index (χ0n) is 12.0. The number of ether oxygens (including phenoxy) is 1. The van der Waals surface area contributed by atoms with Gasteiger partial charge in [-0.05, 0) is 38.6 Å². The fourth-order valence-corrected chi connectivity index (χ4v) is 2.45. The van der Waals surface area contributed by atoms with Crippen LogP contribution < -0.4 is 5.32 Å². The summed E-state index contributed by atoms with van der Waals surface area (Å²) in [6, 6.07) is 0. The molecule has 1 N–H and O–H groups in total. The zero-order chi connectivity index (χ0) is 12.5. The van der Waals surface area contributed by atoms with Crippen LogP contribution in [0.25, 0.3) is 0 Å². The molecule has 0 spiro atoms. The average Bonchev–Trinajstić information content (AvgIpc) is 2.53. The van der Waals surface area contributed by atoms with E-state index in [-0.39, 0.29) is 0 Å². The summed E-state index contributed by atoms with van der Waals surface area (Å²) >= 11 is 0. The second-order valence-corrected chi connectivity index (χ2v) is 5.95. The predicted octanol–water partition coefficient (Wildman–Crippen LogP) is 3.75. The van der Waals surface area contributed by atoms with Gasteiger partial charge in [-0.15, -0.1) is 0 Å². The van der Waals surface area contributed by atoms with E-state index in [0.717, 1.165) is 19.0 Å². The molecule has 0 saturated heterocycles. The highest BCUT2D eigenvalue weighted by Crippen LogP contribution is 2.20. The summed E-state index contributed by atoms with van der Waals surface area (Å²) < 4.78 is 6.12. The molecule has 0 amide bonds. The minimum atomic E-state index is 0.366. The van der Waals surface area contributed by atoms with Crippen LogP contribution in [0, 0.1) is 5.92 Å². The van der Waals surface area contributed by atoms with E-state index in [1.54, 1.807) is 0 Å². The molecule has 102 valence electrons. The second-order valence-electron chi connectivity index (χ2n) is 5.95. The Kier molecular flexibility index (Phi) is 7.87. The van der Waals surface area contributed by atoms with Crippen LogP contribution in [0.5, 0.6) is 0 Å². The summed E-state index contributed by atoms with van der Waals surface area (Å²) in [4.78, 5) is 0. The van der Waals surface area contributed by atoms with Crippen molar-refractivity contribution in [1.82, 2.24) is 5.32 Å². The van der Waals surface area contributed by atoms with Crippen LogP contribution in [0.4, 0.5) is 0 Å². The molecule has 1 atom stereocenters. The van der Waals surface area contributed by atoms with Crippen LogP contribution in [-0.2, 0) is 4.74 Å². The van der Waals surface area contributed by atoms with E-state index in [9.17, 15) is 0 Å². The lowest BCUT2D eigenvalue weighted by molar-refractivity contribution is -0.00872. The summed E-state index contributed by atoms with van der Waals surface area (Å²) in [5, 5.41) is 3.50. The first kappa shape index (κ1) is 15.0. The fourth-order valence-electron chi connectivity index (χ4n) is 2.45. The molecule has 1 aliphatic rings. The van der Waals surface area contributed by atoms with Gasteiger partial charge in [0.15, 0.2) is 0 Å². The molecule has 1 fully saturated rings. The Morgan fingerprint density at radius 3 is 2.29 bits per heavy atom. The second kappa shape index (κ2) is 8.93. The lowest BCUT2D eigenvalue weighted by Gasteiger charge is -2.21. The standard InChI is InChI=1S/C15H31NO/c1-13(2)10-11-16-12-14(3)17-15-8-6-4-5-7-9-15/h13-16H,4-12H2,1-3H3. The van der Waals surface area contributed by atoms with E-state index < -0.39 is 0 Å². The molecular formula is C15H31NO. The zero-order valence-corrected chi connectivity index (χ0v) is 12.0. The molecule has 0 aromatic heterocycles. The quantitative estimate of drug-likeness (QED) is 0.541. The normalized spacial score (nSPS) is 20.5. The highest BCUT2D eigenvalue weighted by molar-refractivity contribution is 4.67. The highest BCUT2D eigenvalue weighted by atomic mass is 16.5. The summed E-state index contributed by atoms with van der Waals surface area (Å²) in [5.41, 5.74) is 0. The minimum Gasteiger partial charge on any atom is -0.374 e. The molecule has 1 rings (SSSR count). The molecule has 2 nitrogen and oxygen atoms in total. The lowest BCUT2D eigenvalue weighted by atomic mass is 10.1. The van der Waals surface area contributed by atoms with Crippen molar-refractivity contribution in [3.8, 4) is 0 Å². The van der Waals surface area contributed by atoms with E-state index >= 15 is 0 Å². The van der Waals surface area contributed by atoms with Crippen LogP contribution in [0.3, 0.4) is 0 Å². The van der Waals surface area contributed by atoms with Gasteiger partial charge in [0, 0.05) is 6.54 Å². The number of hydrogen-bond donors (Lipinski definition) is 1. The Balaban J connectivity index is 2.04. The van der Waals surface area contributed by atoms with Crippen molar-refractivity contribution in [3.63, 3.8) is 0 Å². The number of rotatable bonds is 7. The van der Waals surface area contributed by atoms with Crippen molar-refractivity contribution in [1.29, 1.82) is 0 Å². The predicted molar refractivity (Wildman–Crippen MR) is 74.4 cm³/mol. The summed E-state index contributed by atoms with van der Waals surface area (Å²) in [6.07, 6.45) is 10.2. The Bertz CT molecular complexity index is 174. The Hall–Kier alpha value is -0.0800. The van der Waals surface area contributed by atoms with Crippen LogP contribution in [0.15, 0.2) is 0 Å². The first-order valence-corrected chi connectivity index (χ1v) is 7.54. The van der Waals surface area contributed by atoms with Crippen molar-refractivity contribution in [2.75, 3.05) is 13.1 Å². The van der Waals surface area contributed by atoms with Gasteiger partial charge in [-0.2, -0.15) is 0 Å². The van der Waals surface area contributed by atoms with Crippen molar-refractivity contribution >= 4 is 0 Å². The molecule has 0 bridgehead atoms. The minimum absolute atomic E-state index is 0.366. The number of nitrogens with one attached hydrogen (secondary N) is 1. The lowest BCUT2D eigenvalue weighted by Crippen LogP contribution is -2.31. The summed E-state index contributed by atoms with van der Waals surface area (Å²) in [7, 11) is 0. The molecule has 0 heterocycles. The van der Waals surface area contributed by atoms with E-state index in [0.29, 0.717) is 12.2 Å². The molecule has 2 heteroatoms. The van der Waals surface area contributed by atoms with Crippen molar-refractivity contribution in [3.05, 3.63) is 0 Å². The van der Waals surface area contributed by atoms with Gasteiger partial charge in [-0.25, -0.2) is 0 Å². The maximum atomic E-state index is 6.12. The topological polar surface area (TPSA) is 21.3 Å². The Morgan fingerprint density at radius 1 is 1.06 bits per heavy atom. The van der Waals surface area contributed by atoms with Gasteiger partial charge in [-0.3, -0.25) is 0 Å². The SMILES string of the molecule is CC(C)CCNCC(C)OC1CCCCCC1. The van der Waals surface area contributed by atoms with Gasteiger partial charge in [0.05, 0.1) is 12.2 Å². The maximum absolute atomic E-state index is 6.12. The van der Waals surface area contributed by atoms with E-state index in [1.807, 2.05) is 0 Å². The smallest absolute Gasteiger partial charge is 0.0675 e. The van der Waals surface area contributed by atoms with Crippen LogP contribution in [0.2, 0.25) is 0 Å². The first-order chi connectivity index (χ1) is 8.18. The largest absolute Gasteiger partial charge is 0.374 e. The molecule has 1 unspecified atom stereocenters. The van der Waals surface area contributed by atoms with Crippen molar-refractivity contribution in [2.24, 2.45) is 5.92 Å². The molecule has 0 aliphatic heterocycles. The summed E-state index contributed by atoms with van der Waals surface area (Å²) in [6.45, 7) is 8.87. The Morgan fingerprint density at radius 2 is 1.71 bits per heavy atom. The van der Waals surface area contributed by atoms with Gasteiger partial charge in [0.2, 0.25) is 0 Å².